The number of ether oxygens (including phenoxy) is 1. The molecule has 2 aromatic carbocycles. The highest BCUT2D eigenvalue weighted by molar-refractivity contribution is 7.92. The Kier molecular flexibility index (Phi) is 9.32. The number of benzene rings is 2. The molecule has 3 rings (SSSR count). The minimum Gasteiger partial charge on any atom is -0.481 e. The first-order valence-corrected chi connectivity index (χ1v) is 14.6. The van der Waals surface area contributed by atoms with Crippen LogP contribution in [0.4, 0.5) is 0 Å². The van der Waals surface area contributed by atoms with E-state index in [-0.39, 0.29) is 5.75 Å². The van der Waals surface area contributed by atoms with Crippen LogP contribution in [0.3, 0.4) is 0 Å². The summed E-state index contributed by atoms with van der Waals surface area (Å²) in [5.41, 5.74) is 1.33. The Labute approximate surface area is 228 Å². The Hall–Kier alpha value is -2.13. The number of carbonyl (C=O) groups excluding carboxylic acids is 1. The van der Waals surface area contributed by atoms with Crippen molar-refractivity contribution in [3.05, 3.63) is 69.7 Å². The number of nitrogens with zero attached hydrogens (tertiary/aromatic N) is 1. The Bertz CT molecular complexity index is 1230. The third-order valence-corrected chi connectivity index (χ3v) is 9.71. The fourth-order valence-corrected chi connectivity index (χ4v) is 6.20. The number of carboxylic acid groups (broad SMARTS) is 1. The summed E-state index contributed by atoms with van der Waals surface area (Å²) in [6.45, 7) is 6.81. The number of aliphatic carboxylic acids is 1. The van der Waals surface area contributed by atoms with E-state index >= 15 is 0 Å². The van der Waals surface area contributed by atoms with Crippen LogP contribution in [0.2, 0.25) is 10.0 Å². The summed E-state index contributed by atoms with van der Waals surface area (Å²) in [4.78, 5) is 27.1. The highest BCUT2D eigenvalue weighted by Crippen LogP contribution is 2.45. The van der Waals surface area contributed by atoms with E-state index in [1.807, 2.05) is 6.92 Å². The molecule has 4 atom stereocenters. The smallest absolute Gasteiger partial charge is 0.306 e. The SMILES string of the molecule is CCCC(CS(=O)(=O)C(C)(C)C)N1C(=O)C(CC(=O)O)OC(c2cccc(Cl)c2)C1c1ccc(Cl)cc1. The summed E-state index contributed by atoms with van der Waals surface area (Å²) in [5.74, 6) is -2.01. The maximum absolute atomic E-state index is 13.9. The number of hydrogen-bond acceptors (Lipinski definition) is 5. The van der Waals surface area contributed by atoms with Gasteiger partial charge in [0.15, 0.2) is 9.84 Å². The molecule has 0 saturated carbocycles. The number of amides is 1. The average Bonchev–Trinajstić information content (AvgIpc) is 2.79. The Morgan fingerprint density at radius 3 is 2.27 bits per heavy atom. The van der Waals surface area contributed by atoms with E-state index in [1.165, 1.54) is 0 Å². The summed E-state index contributed by atoms with van der Waals surface area (Å²) in [6, 6.07) is 12.5. The van der Waals surface area contributed by atoms with Crippen molar-refractivity contribution in [2.45, 2.75) is 76.0 Å². The maximum atomic E-state index is 13.9. The Balaban J connectivity index is 2.24. The van der Waals surface area contributed by atoms with Crippen molar-refractivity contribution in [2.24, 2.45) is 0 Å². The zero-order chi connectivity index (χ0) is 27.5. The molecule has 1 N–H and O–H groups in total. The van der Waals surface area contributed by atoms with Crippen LogP contribution < -0.4 is 0 Å². The van der Waals surface area contributed by atoms with Crippen molar-refractivity contribution < 1.29 is 27.9 Å². The second-order valence-corrected chi connectivity index (χ2v) is 13.9. The molecule has 7 nitrogen and oxygen atoms in total. The van der Waals surface area contributed by atoms with Gasteiger partial charge in [-0.25, -0.2) is 8.42 Å². The molecule has 1 fully saturated rings. The lowest BCUT2D eigenvalue weighted by Crippen LogP contribution is -2.57. The summed E-state index contributed by atoms with van der Waals surface area (Å²) in [5, 5.41) is 10.5. The van der Waals surface area contributed by atoms with Crippen LogP contribution in [0.15, 0.2) is 48.5 Å². The van der Waals surface area contributed by atoms with Crippen LogP contribution in [0.1, 0.15) is 70.2 Å². The standard InChI is InChI=1S/C27H33Cl2NO6S/c1-5-7-21(16-37(34,35)27(2,3)4)30-24(17-10-12-19(28)13-11-17)25(18-8-6-9-20(29)14-18)36-22(26(30)33)15-23(31)32/h6,8-14,21-22,24-25H,5,7,15-16H2,1-4H3,(H,31,32). The highest BCUT2D eigenvalue weighted by atomic mass is 35.5. The lowest BCUT2D eigenvalue weighted by Gasteiger charge is -2.48. The van der Waals surface area contributed by atoms with Crippen molar-refractivity contribution >= 4 is 44.9 Å². The van der Waals surface area contributed by atoms with Crippen LogP contribution in [0.5, 0.6) is 0 Å². The van der Waals surface area contributed by atoms with Gasteiger partial charge in [0.25, 0.3) is 5.91 Å². The third kappa shape index (κ3) is 6.85. The second kappa shape index (κ2) is 11.7. The molecule has 1 saturated heterocycles. The van der Waals surface area contributed by atoms with Gasteiger partial charge in [-0.3, -0.25) is 9.59 Å². The van der Waals surface area contributed by atoms with Gasteiger partial charge in [-0.2, -0.15) is 0 Å². The average molecular weight is 571 g/mol. The Morgan fingerprint density at radius 1 is 1.08 bits per heavy atom. The molecule has 0 bridgehead atoms. The molecule has 0 radical (unpaired) electrons. The minimum absolute atomic E-state index is 0.262. The predicted octanol–water partition coefficient (Wildman–Crippen LogP) is 5.86. The van der Waals surface area contributed by atoms with Crippen molar-refractivity contribution in [3.63, 3.8) is 0 Å². The minimum atomic E-state index is -3.63. The van der Waals surface area contributed by atoms with Gasteiger partial charge in [0.05, 0.1) is 23.0 Å². The highest BCUT2D eigenvalue weighted by Gasteiger charge is 2.48. The van der Waals surface area contributed by atoms with Crippen LogP contribution in [0, 0.1) is 0 Å². The van der Waals surface area contributed by atoms with E-state index in [9.17, 15) is 23.1 Å². The monoisotopic (exact) mass is 569 g/mol. The van der Waals surface area contributed by atoms with Crippen LogP contribution in [-0.2, 0) is 24.2 Å². The number of sulfone groups is 1. The molecule has 1 heterocycles. The molecule has 10 heteroatoms. The van der Waals surface area contributed by atoms with E-state index < -0.39 is 57.2 Å². The summed E-state index contributed by atoms with van der Waals surface area (Å²) in [7, 11) is -3.63. The number of carboxylic acids is 1. The van der Waals surface area contributed by atoms with Gasteiger partial charge >= 0.3 is 5.97 Å². The van der Waals surface area contributed by atoms with E-state index in [0.29, 0.717) is 34.0 Å². The lowest BCUT2D eigenvalue weighted by atomic mass is 9.89. The molecule has 37 heavy (non-hydrogen) atoms. The topological polar surface area (TPSA) is 101 Å². The molecular weight excluding hydrogens is 537 g/mol. The van der Waals surface area contributed by atoms with Gasteiger partial charge in [-0.1, -0.05) is 60.8 Å². The molecule has 1 aliphatic heterocycles. The first-order chi connectivity index (χ1) is 17.2. The summed E-state index contributed by atoms with van der Waals surface area (Å²) >= 11 is 12.4. The van der Waals surface area contributed by atoms with Crippen molar-refractivity contribution in [3.8, 4) is 0 Å². The molecule has 1 amide bonds. The second-order valence-electron chi connectivity index (χ2n) is 10.3. The van der Waals surface area contributed by atoms with Gasteiger partial charge in [0.1, 0.15) is 12.2 Å². The lowest BCUT2D eigenvalue weighted by molar-refractivity contribution is -0.182. The fraction of sp³-hybridized carbons (Fsp3) is 0.481. The van der Waals surface area contributed by atoms with Gasteiger partial charge in [0, 0.05) is 16.1 Å². The summed E-state index contributed by atoms with van der Waals surface area (Å²) in [6.07, 6.45) is -1.61. The molecule has 0 aliphatic carbocycles. The number of hydrogen-bond donors (Lipinski definition) is 1. The van der Waals surface area contributed by atoms with E-state index in [2.05, 4.69) is 0 Å². The first-order valence-electron chi connectivity index (χ1n) is 12.2. The molecule has 4 unspecified atom stereocenters. The largest absolute Gasteiger partial charge is 0.481 e. The normalized spacial score (nSPS) is 21.6. The van der Waals surface area contributed by atoms with Crippen LogP contribution in [-0.4, -0.2) is 52.9 Å². The van der Waals surface area contributed by atoms with Crippen molar-refractivity contribution in [1.82, 2.24) is 4.90 Å². The van der Waals surface area contributed by atoms with Gasteiger partial charge in [-0.05, 0) is 62.6 Å². The van der Waals surface area contributed by atoms with Crippen molar-refractivity contribution in [2.75, 3.05) is 5.75 Å². The van der Waals surface area contributed by atoms with E-state index in [1.54, 1.807) is 74.2 Å². The van der Waals surface area contributed by atoms with Crippen LogP contribution in [0.25, 0.3) is 0 Å². The Morgan fingerprint density at radius 2 is 1.73 bits per heavy atom. The summed E-state index contributed by atoms with van der Waals surface area (Å²) < 4.78 is 31.8. The molecule has 0 aromatic heterocycles. The molecule has 2 aromatic rings. The van der Waals surface area contributed by atoms with Gasteiger partial charge in [-0.15, -0.1) is 0 Å². The number of morpholine rings is 1. The van der Waals surface area contributed by atoms with E-state index in [0.717, 1.165) is 0 Å². The number of halogens is 2. The molecule has 1 aliphatic rings. The van der Waals surface area contributed by atoms with Gasteiger partial charge in [0.2, 0.25) is 0 Å². The van der Waals surface area contributed by atoms with Gasteiger partial charge < -0.3 is 14.7 Å². The zero-order valence-corrected chi connectivity index (χ0v) is 23.7. The molecule has 202 valence electrons. The first kappa shape index (κ1) is 29.4. The number of carbonyl (C=O) groups is 2. The predicted molar refractivity (Wildman–Crippen MR) is 145 cm³/mol. The third-order valence-electron chi connectivity index (χ3n) is 6.54. The van der Waals surface area contributed by atoms with Crippen LogP contribution >= 0.6 is 23.2 Å². The van der Waals surface area contributed by atoms with E-state index in [4.69, 9.17) is 27.9 Å². The fourth-order valence-electron chi connectivity index (χ4n) is 4.54. The zero-order valence-electron chi connectivity index (χ0n) is 21.4. The quantitative estimate of drug-likeness (QED) is 0.405. The number of rotatable bonds is 9. The molecule has 0 spiro atoms. The molecular formula is C27H33Cl2NO6S. The van der Waals surface area contributed by atoms with Crippen molar-refractivity contribution in [1.29, 1.82) is 0 Å². The maximum Gasteiger partial charge on any atom is 0.306 e.